The van der Waals surface area contributed by atoms with Gasteiger partial charge in [0.05, 0.1) is 6.21 Å². The number of amidine groups is 1. The first-order chi connectivity index (χ1) is 5.93. The zero-order chi connectivity index (χ0) is 10.1. The standard InChI is InChI=1S/C7H10FN3O2/c1-4-10-3-7(8,11-4)2-5(9)6(12)13/h3,5H,2,9H2,1H3,(H,12,13)/t5-,7?/m0/s1. The molecule has 72 valence electrons. The Bertz CT molecular complexity index is 289. The Morgan fingerprint density at radius 1 is 1.92 bits per heavy atom. The Hall–Kier alpha value is -1.30. The van der Waals surface area contributed by atoms with Crippen molar-refractivity contribution in [3.63, 3.8) is 0 Å². The van der Waals surface area contributed by atoms with Crippen LogP contribution in [0, 0.1) is 0 Å². The van der Waals surface area contributed by atoms with Gasteiger partial charge in [0.15, 0.2) is 0 Å². The van der Waals surface area contributed by atoms with Crippen LogP contribution in [0.4, 0.5) is 4.39 Å². The van der Waals surface area contributed by atoms with Crippen molar-refractivity contribution in [2.45, 2.75) is 25.2 Å². The fourth-order valence-corrected chi connectivity index (χ4v) is 1.01. The van der Waals surface area contributed by atoms with Gasteiger partial charge < -0.3 is 10.8 Å². The number of hydrogen-bond donors (Lipinski definition) is 2. The molecule has 0 spiro atoms. The Balaban J connectivity index is 2.65. The van der Waals surface area contributed by atoms with E-state index in [-0.39, 0.29) is 6.42 Å². The number of carbonyl (C=O) groups is 1. The van der Waals surface area contributed by atoms with E-state index in [2.05, 4.69) is 9.98 Å². The lowest BCUT2D eigenvalue weighted by molar-refractivity contribution is -0.139. The zero-order valence-electron chi connectivity index (χ0n) is 7.07. The number of nitrogens with zero attached hydrogens (tertiary/aromatic N) is 2. The van der Waals surface area contributed by atoms with E-state index in [9.17, 15) is 9.18 Å². The van der Waals surface area contributed by atoms with Crippen LogP contribution in [0.5, 0.6) is 0 Å². The molecule has 0 aromatic carbocycles. The van der Waals surface area contributed by atoms with Crippen LogP contribution < -0.4 is 5.73 Å². The van der Waals surface area contributed by atoms with E-state index in [1.807, 2.05) is 0 Å². The maximum Gasteiger partial charge on any atom is 0.320 e. The van der Waals surface area contributed by atoms with Gasteiger partial charge in [-0.05, 0) is 6.92 Å². The molecule has 0 aromatic heterocycles. The minimum absolute atomic E-state index is 0.292. The summed E-state index contributed by atoms with van der Waals surface area (Å²) in [6, 6.07) is -1.26. The van der Waals surface area contributed by atoms with Crippen LogP contribution in [-0.4, -0.2) is 35.0 Å². The number of aliphatic imine (C=N–C) groups is 2. The minimum atomic E-state index is -2.04. The summed E-state index contributed by atoms with van der Waals surface area (Å²) in [5.41, 5.74) is 5.16. The fraction of sp³-hybridized carbons (Fsp3) is 0.571. The van der Waals surface area contributed by atoms with E-state index in [1.165, 1.54) is 6.92 Å². The van der Waals surface area contributed by atoms with Gasteiger partial charge in [0.25, 0.3) is 0 Å². The summed E-state index contributed by atoms with van der Waals surface area (Å²) in [6.07, 6.45) is 0.592. The molecular weight excluding hydrogens is 177 g/mol. The number of hydrogen-bond acceptors (Lipinski definition) is 4. The Morgan fingerprint density at radius 3 is 2.92 bits per heavy atom. The molecule has 0 aliphatic carbocycles. The molecule has 3 N–H and O–H groups in total. The summed E-state index contributed by atoms with van der Waals surface area (Å²) in [5, 5.41) is 8.44. The van der Waals surface area contributed by atoms with E-state index in [4.69, 9.17) is 10.8 Å². The first kappa shape index (κ1) is 9.79. The first-order valence-corrected chi connectivity index (χ1v) is 3.72. The van der Waals surface area contributed by atoms with Crippen LogP contribution in [0.3, 0.4) is 0 Å². The van der Waals surface area contributed by atoms with Crippen LogP contribution in [0.25, 0.3) is 0 Å². The molecule has 0 amide bonds. The van der Waals surface area contributed by atoms with Crippen LogP contribution >= 0.6 is 0 Å². The molecule has 1 rings (SSSR count). The summed E-state index contributed by atoms with van der Waals surface area (Å²) in [4.78, 5) is 17.5. The van der Waals surface area contributed by atoms with Crippen molar-refractivity contribution in [3.05, 3.63) is 0 Å². The van der Waals surface area contributed by atoms with Crippen molar-refractivity contribution in [2.75, 3.05) is 0 Å². The third-order valence-electron chi connectivity index (χ3n) is 1.62. The molecule has 0 saturated carbocycles. The first-order valence-electron chi connectivity index (χ1n) is 3.72. The van der Waals surface area contributed by atoms with Crippen molar-refractivity contribution < 1.29 is 14.3 Å². The maximum absolute atomic E-state index is 13.5. The minimum Gasteiger partial charge on any atom is -0.480 e. The topological polar surface area (TPSA) is 88.0 Å². The highest BCUT2D eigenvalue weighted by atomic mass is 19.1. The lowest BCUT2D eigenvalue weighted by Gasteiger charge is -2.14. The van der Waals surface area contributed by atoms with Gasteiger partial charge in [-0.2, -0.15) is 0 Å². The molecule has 0 radical (unpaired) electrons. The summed E-state index contributed by atoms with van der Waals surface area (Å²) in [6.45, 7) is 1.53. The second kappa shape index (κ2) is 3.21. The second-order valence-corrected chi connectivity index (χ2v) is 2.88. The number of aliphatic carboxylic acids is 1. The molecule has 0 bridgehead atoms. The maximum atomic E-state index is 13.5. The SMILES string of the molecule is CC1=NC(F)(C[C@H](N)C(=O)O)C=N1. The van der Waals surface area contributed by atoms with Gasteiger partial charge in [-0.15, -0.1) is 0 Å². The lowest BCUT2D eigenvalue weighted by Crippen LogP contribution is -2.38. The molecule has 1 unspecified atom stereocenters. The van der Waals surface area contributed by atoms with Gasteiger partial charge in [0, 0.05) is 6.42 Å². The van der Waals surface area contributed by atoms with E-state index < -0.39 is 17.8 Å². The fourth-order valence-electron chi connectivity index (χ4n) is 1.01. The molecule has 0 aromatic rings. The van der Waals surface area contributed by atoms with Gasteiger partial charge in [-0.3, -0.25) is 4.79 Å². The smallest absolute Gasteiger partial charge is 0.320 e. The highest BCUT2D eigenvalue weighted by Gasteiger charge is 2.34. The third-order valence-corrected chi connectivity index (χ3v) is 1.62. The molecule has 2 atom stereocenters. The highest BCUT2D eigenvalue weighted by Crippen LogP contribution is 2.21. The third kappa shape index (κ3) is 2.32. The molecular formula is C7H10FN3O2. The van der Waals surface area contributed by atoms with Crippen molar-refractivity contribution >= 4 is 18.0 Å². The largest absolute Gasteiger partial charge is 0.480 e. The summed E-state index contributed by atoms with van der Waals surface area (Å²) < 4.78 is 13.5. The number of carboxylic acids is 1. The number of carboxylic acid groups (broad SMARTS) is 1. The monoisotopic (exact) mass is 187 g/mol. The van der Waals surface area contributed by atoms with E-state index in [0.717, 1.165) is 6.21 Å². The van der Waals surface area contributed by atoms with Crippen molar-refractivity contribution in [1.29, 1.82) is 0 Å². The van der Waals surface area contributed by atoms with E-state index in [0.29, 0.717) is 5.84 Å². The summed E-state index contributed by atoms with van der Waals surface area (Å²) >= 11 is 0. The predicted octanol–water partition coefficient (Wildman–Crippen LogP) is -0.0430. The molecule has 13 heavy (non-hydrogen) atoms. The summed E-state index contributed by atoms with van der Waals surface area (Å²) in [7, 11) is 0. The van der Waals surface area contributed by atoms with Crippen molar-refractivity contribution in [1.82, 2.24) is 0 Å². The van der Waals surface area contributed by atoms with Crippen LogP contribution in [0.15, 0.2) is 9.98 Å². The molecule has 0 fully saturated rings. The number of rotatable bonds is 3. The summed E-state index contributed by atoms with van der Waals surface area (Å²) in [5.74, 6) is -2.99. The average Bonchev–Trinajstić information content (AvgIpc) is 2.30. The van der Waals surface area contributed by atoms with Gasteiger partial charge in [0.2, 0.25) is 5.79 Å². The van der Waals surface area contributed by atoms with Crippen molar-refractivity contribution in [2.24, 2.45) is 15.7 Å². The Labute approximate surface area is 74.2 Å². The molecule has 1 heterocycles. The van der Waals surface area contributed by atoms with Crippen molar-refractivity contribution in [3.8, 4) is 0 Å². The van der Waals surface area contributed by atoms with Crippen LogP contribution in [0.2, 0.25) is 0 Å². The average molecular weight is 187 g/mol. The van der Waals surface area contributed by atoms with Gasteiger partial charge in [0.1, 0.15) is 11.9 Å². The molecule has 1 aliphatic rings. The Kier molecular flexibility index (Phi) is 2.42. The normalized spacial score (nSPS) is 28.7. The number of halogens is 1. The predicted molar refractivity (Wildman–Crippen MR) is 45.7 cm³/mol. The van der Waals surface area contributed by atoms with E-state index >= 15 is 0 Å². The van der Waals surface area contributed by atoms with Gasteiger partial charge in [-0.1, -0.05) is 0 Å². The quantitative estimate of drug-likeness (QED) is 0.607. The van der Waals surface area contributed by atoms with Gasteiger partial charge in [-0.25, -0.2) is 14.4 Å². The zero-order valence-corrected chi connectivity index (χ0v) is 7.07. The number of alkyl halides is 1. The van der Waals surface area contributed by atoms with Crippen LogP contribution in [0.1, 0.15) is 13.3 Å². The molecule has 1 aliphatic heterocycles. The Morgan fingerprint density at radius 2 is 2.54 bits per heavy atom. The molecule has 6 heteroatoms. The van der Waals surface area contributed by atoms with Crippen LogP contribution in [-0.2, 0) is 4.79 Å². The van der Waals surface area contributed by atoms with E-state index in [1.54, 1.807) is 0 Å². The number of nitrogens with two attached hydrogens (primary N) is 1. The molecule has 5 nitrogen and oxygen atoms in total. The lowest BCUT2D eigenvalue weighted by atomic mass is 10.1. The second-order valence-electron chi connectivity index (χ2n) is 2.88. The van der Waals surface area contributed by atoms with Gasteiger partial charge >= 0.3 is 5.97 Å². The molecule has 0 saturated heterocycles. The highest BCUT2D eigenvalue weighted by molar-refractivity contribution is 5.96.